The maximum absolute atomic E-state index is 6.11. The molecule has 0 fully saturated rings. The lowest BCUT2D eigenvalue weighted by Gasteiger charge is -2.11. The zero-order valence-corrected chi connectivity index (χ0v) is 13.1. The molecule has 1 heterocycles. The van der Waals surface area contributed by atoms with Crippen LogP contribution in [0.2, 0.25) is 0 Å². The molecule has 0 radical (unpaired) electrons. The molecule has 3 N–H and O–H groups in total. The summed E-state index contributed by atoms with van der Waals surface area (Å²) in [6, 6.07) is 14.0. The number of fused-ring (bicyclic) bond motifs is 1. The van der Waals surface area contributed by atoms with Crippen LogP contribution in [-0.2, 0) is 0 Å². The third-order valence-corrected chi connectivity index (χ3v) is 3.61. The van der Waals surface area contributed by atoms with Gasteiger partial charge in [-0.3, -0.25) is 0 Å². The maximum atomic E-state index is 6.11. The molecular weight excluding hydrogens is 288 g/mol. The second kappa shape index (κ2) is 6.96. The molecule has 0 aliphatic carbocycles. The Balaban J connectivity index is 1.82. The third-order valence-electron chi connectivity index (χ3n) is 3.61. The Hall–Kier alpha value is -2.82. The number of nitrogens with two attached hydrogens (primary N) is 1. The van der Waals surface area contributed by atoms with Gasteiger partial charge in [-0.15, -0.1) is 0 Å². The number of benzene rings is 2. The van der Waals surface area contributed by atoms with E-state index in [1.165, 1.54) is 6.33 Å². The van der Waals surface area contributed by atoms with E-state index in [1.807, 2.05) is 36.4 Å². The van der Waals surface area contributed by atoms with Gasteiger partial charge in [0.1, 0.15) is 17.8 Å². The summed E-state index contributed by atoms with van der Waals surface area (Å²) in [5.74, 6) is 1.69. The number of aromatic nitrogens is 2. The van der Waals surface area contributed by atoms with Crippen molar-refractivity contribution in [3.05, 3.63) is 48.8 Å². The summed E-state index contributed by atoms with van der Waals surface area (Å²) < 4.78 is 5.85. The minimum Gasteiger partial charge on any atom is -0.437 e. The average molecular weight is 308 g/mol. The number of hydrogen-bond acceptors (Lipinski definition) is 5. The second-order valence-electron chi connectivity index (χ2n) is 5.33. The van der Waals surface area contributed by atoms with Crippen LogP contribution in [0.25, 0.3) is 10.8 Å². The van der Waals surface area contributed by atoms with Gasteiger partial charge in [-0.1, -0.05) is 43.7 Å². The van der Waals surface area contributed by atoms with E-state index in [0.717, 1.165) is 30.2 Å². The van der Waals surface area contributed by atoms with Gasteiger partial charge in [0.2, 0.25) is 5.88 Å². The SMILES string of the molecule is CCCCNc1ncnc(Oc2ccc3ccccc3c2)c1N. The molecule has 0 spiro atoms. The Morgan fingerprint density at radius 2 is 1.91 bits per heavy atom. The van der Waals surface area contributed by atoms with Gasteiger partial charge in [0.05, 0.1) is 0 Å². The van der Waals surface area contributed by atoms with Crippen molar-refractivity contribution in [2.45, 2.75) is 19.8 Å². The molecule has 0 saturated carbocycles. The van der Waals surface area contributed by atoms with E-state index in [0.29, 0.717) is 23.1 Å². The van der Waals surface area contributed by atoms with Crippen molar-refractivity contribution < 1.29 is 4.74 Å². The maximum Gasteiger partial charge on any atom is 0.248 e. The topological polar surface area (TPSA) is 73.1 Å². The van der Waals surface area contributed by atoms with Crippen LogP contribution in [-0.4, -0.2) is 16.5 Å². The Morgan fingerprint density at radius 1 is 1.09 bits per heavy atom. The van der Waals surface area contributed by atoms with Crippen LogP contribution in [0.5, 0.6) is 11.6 Å². The van der Waals surface area contributed by atoms with Gasteiger partial charge in [-0.05, 0) is 29.3 Å². The van der Waals surface area contributed by atoms with Crippen LogP contribution >= 0.6 is 0 Å². The molecule has 0 aliphatic rings. The highest BCUT2D eigenvalue weighted by Crippen LogP contribution is 2.30. The number of anilines is 2. The second-order valence-corrected chi connectivity index (χ2v) is 5.33. The molecule has 0 saturated heterocycles. The fourth-order valence-electron chi connectivity index (χ4n) is 2.33. The normalized spacial score (nSPS) is 10.7. The summed E-state index contributed by atoms with van der Waals surface area (Å²) in [5, 5.41) is 5.49. The van der Waals surface area contributed by atoms with Crippen molar-refractivity contribution in [1.29, 1.82) is 0 Å². The lowest BCUT2D eigenvalue weighted by molar-refractivity contribution is 0.465. The number of nitrogen functional groups attached to an aromatic ring is 1. The highest BCUT2D eigenvalue weighted by Gasteiger charge is 2.10. The van der Waals surface area contributed by atoms with Crippen molar-refractivity contribution in [3.63, 3.8) is 0 Å². The molecule has 2 aromatic carbocycles. The van der Waals surface area contributed by atoms with Gasteiger partial charge in [0.25, 0.3) is 0 Å². The Morgan fingerprint density at radius 3 is 2.74 bits per heavy atom. The smallest absolute Gasteiger partial charge is 0.248 e. The molecule has 0 aliphatic heterocycles. The lowest BCUT2D eigenvalue weighted by Crippen LogP contribution is -2.07. The quantitative estimate of drug-likeness (QED) is 0.667. The van der Waals surface area contributed by atoms with Crippen molar-refractivity contribution in [2.24, 2.45) is 0 Å². The van der Waals surface area contributed by atoms with E-state index in [-0.39, 0.29) is 0 Å². The minimum absolute atomic E-state index is 0.370. The van der Waals surface area contributed by atoms with E-state index in [4.69, 9.17) is 10.5 Å². The van der Waals surface area contributed by atoms with Crippen molar-refractivity contribution >= 4 is 22.3 Å². The van der Waals surface area contributed by atoms with Gasteiger partial charge in [-0.2, -0.15) is 4.98 Å². The largest absolute Gasteiger partial charge is 0.437 e. The monoisotopic (exact) mass is 308 g/mol. The summed E-state index contributed by atoms with van der Waals surface area (Å²) in [6.07, 6.45) is 3.63. The van der Waals surface area contributed by atoms with Gasteiger partial charge < -0.3 is 15.8 Å². The molecule has 0 atom stereocenters. The van der Waals surface area contributed by atoms with Crippen LogP contribution in [0.15, 0.2) is 48.8 Å². The number of ether oxygens (including phenoxy) is 1. The Bertz CT molecular complexity index is 804. The molecule has 0 amide bonds. The summed E-state index contributed by atoms with van der Waals surface area (Å²) >= 11 is 0. The molecule has 5 heteroatoms. The summed E-state index contributed by atoms with van der Waals surface area (Å²) in [6.45, 7) is 2.96. The van der Waals surface area contributed by atoms with E-state index in [1.54, 1.807) is 0 Å². The molecule has 23 heavy (non-hydrogen) atoms. The number of rotatable bonds is 6. The first kappa shape index (κ1) is 15.1. The van der Waals surface area contributed by atoms with Crippen LogP contribution in [0.4, 0.5) is 11.5 Å². The molecule has 5 nitrogen and oxygen atoms in total. The zero-order chi connectivity index (χ0) is 16.1. The first-order valence-electron chi connectivity index (χ1n) is 7.79. The Labute approximate surface area is 135 Å². The number of hydrogen-bond donors (Lipinski definition) is 2. The molecular formula is C18H20N4O. The minimum atomic E-state index is 0.370. The van der Waals surface area contributed by atoms with Crippen molar-refractivity contribution in [3.8, 4) is 11.6 Å². The number of unbranched alkanes of at least 4 members (excludes halogenated alkanes) is 1. The highest BCUT2D eigenvalue weighted by atomic mass is 16.5. The Kier molecular flexibility index (Phi) is 4.57. The zero-order valence-electron chi connectivity index (χ0n) is 13.1. The first-order chi connectivity index (χ1) is 11.3. The number of nitrogens with one attached hydrogen (secondary N) is 1. The number of nitrogens with zero attached hydrogens (tertiary/aromatic N) is 2. The van der Waals surface area contributed by atoms with Gasteiger partial charge in [0.15, 0.2) is 5.82 Å². The van der Waals surface area contributed by atoms with Crippen molar-refractivity contribution in [1.82, 2.24) is 9.97 Å². The summed E-state index contributed by atoms with van der Waals surface area (Å²) in [4.78, 5) is 8.32. The first-order valence-corrected chi connectivity index (χ1v) is 7.79. The van der Waals surface area contributed by atoms with Crippen LogP contribution in [0, 0.1) is 0 Å². The molecule has 3 rings (SSSR count). The standard InChI is InChI=1S/C18H20N4O/c1-2-3-10-20-17-16(19)18(22-12-21-17)23-15-9-8-13-6-4-5-7-14(13)11-15/h4-9,11-12H,2-3,10,19H2,1H3,(H,20,21,22). The predicted octanol–water partition coefficient (Wildman–Crippen LogP) is 4.22. The van der Waals surface area contributed by atoms with Gasteiger partial charge >= 0.3 is 0 Å². The highest BCUT2D eigenvalue weighted by molar-refractivity contribution is 5.83. The molecule has 118 valence electrons. The summed E-state index contributed by atoms with van der Waals surface area (Å²) in [7, 11) is 0. The molecule has 0 unspecified atom stereocenters. The van der Waals surface area contributed by atoms with Crippen molar-refractivity contribution in [2.75, 3.05) is 17.6 Å². The fourth-order valence-corrected chi connectivity index (χ4v) is 2.33. The van der Waals surface area contributed by atoms with E-state index < -0.39 is 0 Å². The van der Waals surface area contributed by atoms with Gasteiger partial charge in [-0.25, -0.2) is 4.98 Å². The van der Waals surface area contributed by atoms with Crippen LogP contribution in [0.3, 0.4) is 0 Å². The molecule has 1 aromatic heterocycles. The third kappa shape index (κ3) is 3.51. The summed E-state index contributed by atoms with van der Waals surface area (Å²) in [5.41, 5.74) is 6.54. The lowest BCUT2D eigenvalue weighted by atomic mass is 10.1. The predicted molar refractivity (Wildman–Crippen MR) is 93.9 cm³/mol. The van der Waals surface area contributed by atoms with E-state index >= 15 is 0 Å². The van der Waals surface area contributed by atoms with Gasteiger partial charge in [0, 0.05) is 6.54 Å². The van der Waals surface area contributed by atoms with E-state index in [9.17, 15) is 0 Å². The van der Waals surface area contributed by atoms with E-state index in [2.05, 4.69) is 28.3 Å². The van der Waals surface area contributed by atoms with Crippen LogP contribution in [0.1, 0.15) is 19.8 Å². The molecule has 0 bridgehead atoms. The average Bonchev–Trinajstić information content (AvgIpc) is 2.58. The van der Waals surface area contributed by atoms with Crippen LogP contribution < -0.4 is 15.8 Å². The fraction of sp³-hybridized carbons (Fsp3) is 0.222. The molecule has 3 aromatic rings.